The quantitative estimate of drug-likeness (QED) is 0.691. The summed E-state index contributed by atoms with van der Waals surface area (Å²) < 4.78 is 5.16. The van der Waals surface area contributed by atoms with Crippen molar-refractivity contribution in [2.75, 3.05) is 0 Å². The van der Waals surface area contributed by atoms with Crippen molar-refractivity contribution < 1.29 is 14.0 Å². The van der Waals surface area contributed by atoms with Gasteiger partial charge >= 0.3 is 0 Å². The van der Waals surface area contributed by atoms with Crippen LogP contribution in [0.3, 0.4) is 0 Å². The first-order valence-corrected chi connectivity index (χ1v) is 9.62. The van der Waals surface area contributed by atoms with Gasteiger partial charge in [0.15, 0.2) is 5.76 Å². The van der Waals surface area contributed by atoms with Gasteiger partial charge in [-0.15, -0.1) is 12.4 Å². The zero-order valence-corrected chi connectivity index (χ0v) is 16.4. The van der Waals surface area contributed by atoms with Crippen molar-refractivity contribution in [1.29, 1.82) is 0 Å². The summed E-state index contributed by atoms with van der Waals surface area (Å²) in [5.74, 6) is -0.299. The Morgan fingerprint density at radius 2 is 1.79 bits per heavy atom. The van der Waals surface area contributed by atoms with Gasteiger partial charge < -0.3 is 20.4 Å². The van der Waals surface area contributed by atoms with Crippen molar-refractivity contribution in [3.05, 3.63) is 60.1 Å². The van der Waals surface area contributed by atoms with Crippen LogP contribution in [0.5, 0.6) is 0 Å². The molecule has 2 fully saturated rings. The van der Waals surface area contributed by atoms with Crippen molar-refractivity contribution in [1.82, 2.24) is 16.0 Å². The number of hydrogen-bond donors (Lipinski definition) is 3. The number of amides is 2. The molecule has 3 N–H and O–H groups in total. The van der Waals surface area contributed by atoms with Gasteiger partial charge in [-0.3, -0.25) is 9.59 Å². The number of fused-ring (bicyclic) bond motifs is 2. The Balaban J connectivity index is 0.00000225. The van der Waals surface area contributed by atoms with E-state index in [-0.39, 0.29) is 36.0 Å². The topological polar surface area (TPSA) is 83.4 Å². The van der Waals surface area contributed by atoms with E-state index in [1.165, 1.54) is 19.1 Å². The second-order valence-electron chi connectivity index (χ2n) is 7.51. The second kappa shape index (κ2) is 9.26. The zero-order chi connectivity index (χ0) is 18.6. The molecule has 7 heteroatoms. The smallest absolute Gasteiger partial charge is 0.287 e. The summed E-state index contributed by atoms with van der Waals surface area (Å²) in [6, 6.07) is 13.5. The van der Waals surface area contributed by atoms with E-state index in [1.807, 2.05) is 30.3 Å². The molecule has 2 amide bonds. The van der Waals surface area contributed by atoms with Crippen LogP contribution in [0.2, 0.25) is 0 Å². The van der Waals surface area contributed by atoms with Crippen molar-refractivity contribution >= 4 is 24.2 Å². The number of furan rings is 1. The van der Waals surface area contributed by atoms with Crippen LogP contribution in [0.15, 0.2) is 53.1 Å². The van der Waals surface area contributed by atoms with E-state index in [1.54, 1.807) is 12.1 Å². The first-order valence-electron chi connectivity index (χ1n) is 9.62. The molecule has 1 aromatic heterocycles. The molecule has 2 bridgehead atoms. The molecular formula is C21H26ClN3O3. The van der Waals surface area contributed by atoms with Crippen LogP contribution >= 0.6 is 12.4 Å². The lowest BCUT2D eigenvalue weighted by Gasteiger charge is -2.31. The largest absolute Gasteiger partial charge is 0.459 e. The Hall–Kier alpha value is -2.31. The third-order valence-electron chi connectivity index (χ3n) is 5.47. The molecule has 3 unspecified atom stereocenters. The molecule has 0 aliphatic carbocycles. The van der Waals surface area contributed by atoms with E-state index in [4.69, 9.17) is 4.42 Å². The van der Waals surface area contributed by atoms with Crippen molar-refractivity contribution in [3.8, 4) is 0 Å². The van der Waals surface area contributed by atoms with Crippen LogP contribution in [0.1, 0.15) is 41.8 Å². The summed E-state index contributed by atoms with van der Waals surface area (Å²) in [7, 11) is 0. The maximum absolute atomic E-state index is 13.0. The Bertz CT molecular complexity index is 769. The van der Waals surface area contributed by atoms with E-state index in [0.717, 1.165) is 18.4 Å². The molecule has 0 saturated carbocycles. The van der Waals surface area contributed by atoms with Gasteiger partial charge in [-0.05, 0) is 43.4 Å². The second-order valence-corrected chi connectivity index (χ2v) is 7.51. The third kappa shape index (κ3) is 4.94. The Kier molecular flexibility index (Phi) is 6.75. The predicted octanol–water partition coefficient (Wildman–Crippen LogP) is 2.44. The highest BCUT2D eigenvalue weighted by atomic mass is 35.5. The first-order chi connectivity index (χ1) is 13.2. The van der Waals surface area contributed by atoms with Crippen LogP contribution in [0.25, 0.3) is 0 Å². The van der Waals surface area contributed by atoms with Crippen molar-refractivity contribution in [2.24, 2.45) is 0 Å². The van der Waals surface area contributed by atoms with E-state index in [9.17, 15) is 9.59 Å². The summed E-state index contributed by atoms with van der Waals surface area (Å²) in [5.41, 5.74) is 1.00. The van der Waals surface area contributed by atoms with Crippen LogP contribution < -0.4 is 16.0 Å². The van der Waals surface area contributed by atoms with E-state index < -0.39 is 6.04 Å². The Labute approximate surface area is 170 Å². The maximum atomic E-state index is 13.0. The third-order valence-corrected chi connectivity index (χ3v) is 5.47. The van der Waals surface area contributed by atoms with Crippen molar-refractivity contribution in [3.63, 3.8) is 0 Å². The van der Waals surface area contributed by atoms with Gasteiger partial charge in [-0.25, -0.2) is 0 Å². The molecule has 28 heavy (non-hydrogen) atoms. The lowest BCUT2D eigenvalue weighted by molar-refractivity contribution is -0.123. The van der Waals surface area contributed by atoms with Crippen LogP contribution in [-0.4, -0.2) is 36.0 Å². The van der Waals surface area contributed by atoms with E-state index in [0.29, 0.717) is 18.5 Å². The first kappa shape index (κ1) is 20.4. The highest BCUT2D eigenvalue weighted by Crippen LogP contribution is 2.26. The SMILES string of the molecule is Cl.O=C(NC(Cc1ccccc1)C(=O)NC1CC2CCC(C1)N2)c1ccco1. The number of halogens is 1. The van der Waals surface area contributed by atoms with Gasteiger partial charge in [0.25, 0.3) is 5.91 Å². The number of piperidine rings is 1. The molecule has 0 spiro atoms. The molecule has 150 valence electrons. The van der Waals surface area contributed by atoms with Crippen molar-refractivity contribution in [2.45, 2.75) is 56.3 Å². The van der Waals surface area contributed by atoms with E-state index in [2.05, 4.69) is 16.0 Å². The number of carbonyl (C=O) groups excluding carboxylic acids is 2. The monoisotopic (exact) mass is 403 g/mol. The molecule has 2 aliphatic rings. The minimum absolute atomic E-state index is 0. The van der Waals surface area contributed by atoms with Gasteiger partial charge in [-0.1, -0.05) is 30.3 Å². The van der Waals surface area contributed by atoms with Gasteiger partial charge in [-0.2, -0.15) is 0 Å². The average Bonchev–Trinajstić information content (AvgIpc) is 3.32. The summed E-state index contributed by atoms with van der Waals surface area (Å²) in [6.07, 6.45) is 6.15. The Morgan fingerprint density at radius 3 is 2.43 bits per heavy atom. The minimum Gasteiger partial charge on any atom is -0.459 e. The molecule has 3 atom stereocenters. The number of benzene rings is 1. The number of nitrogens with one attached hydrogen (secondary N) is 3. The fourth-order valence-corrected chi connectivity index (χ4v) is 4.17. The molecule has 4 rings (SSSR count). The molecule has 0 radical (unpaired) electrons. The van der Waals surface area contributed by atoms with Gasteiger partial charge in [0.1, 0.15) is 6.04 Å². The maximum Gasteiger partial charge on any atom is 0.287 e. The summed E-state index contributed by atoms with van der Waals surface area (Å²) >= 11 is 0. The number of hydrogen-bond acceptors (Lipinski definition) is 4. The highest BCUT2D eigenvalue weighted by molar-refractivity contribution is 5.95. The molecule has 1 aromatic carbocycles. The predicted molar refractivity (Wildman–Crippen MR) is 108 cm³/mol. The zero-order valence-electron chi connectivity index (χ0n) is 15.6. The molecule has 3 heterocycles. The standard InChI is InChI=1S/C21H25N3O3.ClH/c25-20(23-17-12-15-8-9-16(13-17)22-15)18(11-14-5-2-1-3-6-14)24-21(26)19-7-4-10-27-19;/h1-7,10,15-18,22H,8-9,11-13H2,(H,23,25)(H,24,26);1H. The fourth-order valence-electron chi connectivity index (χ4n) is 4.17. The molecule has 2 aliphatic heterocycles. The normalized spacial score (nSPS) is 24.1. The minimum atomic E-state index is -0.641. The lowest BCUT2D eigenvalue weighted by atomic mass is 9.98. The van der Waals surface area contributed by atoms with Gasteiger partial charge in [0, 0.05) is 24.5 Å². The van der Waals surface area contributed by atoms with Gasteiger partial charge in [0.05, 0.1) is 6.26 Å². The number of carbonyl (C=O) groups is 2. The molecule has 6 nitrogen and oxygen atoms in total. The molecule has 2 saturated heterocycles. The summed E-state index contributed by atoms with van der Waals surface area (Å²) in [6.45, 7) is 0. The average molecular weight is 404 g/mol. The highest BCUT2D eigenvalue weighted by Gasteiger charge is 2.35. The molecule has 2 aromatic rings. The fraction of sp³-hybridized carbons (Fsp3) is 0.429. The lowest BCUT2D eigenvalue weighted by Crippen LogP contribution is -2.54. The van der Waals surface area contributed by atoms with Crippen LogP contribution in [0, 0.1) is 0 Å². The number of rotatable bonds is 6. The van der Waals surface area contributed by atoms with E-state index >= 15 is 0 Å². The van der Waals surface area contributed by atoms with Crippen LogP contribution in [-0.2, 0) is 11.2 Å². The summed E-state index contributed by atoms with van der Waals surface area (Å²) in [5, 5.41) is 9.58. The molecular weight excluding hydrogens is 378 g/mol. The van der Waals surface area contributed by atoms with Crippen LogP contribution in [0.4, 0.5) is 0 Å². The summed E-state index contributed by atoms with van der Waals surface area (Å²) in [4.78, 5) is 25.4. The van der Waals surface area contributed by atoms with Gasteiger partial charge in [0.2, 0.25) is 5.91 Å². The Morgan fingerprint density at radius 1 is 1.07 bits per heavy atom.